The van der Waals surface area contributed by atoms with Gasteiger partial charge in [-0.15, -0.1) is 0 Å². The van der Waals surface area contributed by atoms with E-state index in [1.54, 1.807) is 24.3 Å². The van der Waals surface area contributed by atoms with E-state index in [9.17, 15) is 9.59 Å². The third-order valence-electron chi connectivity index (χ3n) is 6.24. The van der Waals surface area contributed by atoms with Gasteiger partial charge in [-0.05, 0) is 35.6 Å². The number of ether oxygens (including phenoxy) is 1. The van der Waals surface area contributed by atoms with Crippen molar-refractivity contribution in [1.29, 1.82) is 0 Å². The first-order valence-electron chi connectivity index (χ1n) is 11.7. The molecular formula is C29H30N2O4. The number of hydrogen-bond acceptors (Lipinski definition) is 4. The summed E-state index contributed by atoms with van der Waals surface area (Å²) in [6, 6.07) is 23.8. The van der Waals surface area contributed by atoms with Gasteiger partial charge in [-0.2, -0.15) is 0 Å². The topological polar surface area (TPSA) is 80.6 Å². The van der Waals surface area contributed by atoms with Crippen LogP contribution in [0.15, 0.2) is 83.3 Å². The Bertz CT molecular complexity index is 1330. The molecule has 4 rings (SSSR count). The second-order valence-electron chi connectivity index (χ2n) is 9.09. The monoisotopic (exact) mass is 470 g/mol. The molecule has 1 heterocycles. The molecule has 0 unspecified atom stereocenters. The van der Waals surface area contributed by atoms with E-state index in [0.717, 1.165) is 28.5 Å². The highest BCUT2D eigenvalue weighted by Crippen LogP contribution is 2.34. The minimum absolute atomic E-state index is 0.0156. The molecule has 1 aromatic heterocycles. The number of esters is 1. The van der Waals surface area contributed by atoms with Crippen molar-refractivity contribution in [3.05, 3.63) is 101 Å². The van der Waals surface area contributed by atoms with Crippen molar-refractivity contribution in [2.75, 3.05) is 5.32 Å². The molecule has 0 aliphatic carbocycles. The van der Waals surface area contributed by atoms with E-state index in [2.05, 4.69) is 37.5 Å². The zero-order valence-corrected chi connectivity index (χ0v) is 20.3. The molecule has 0 atom stereocenters. The molecule has 4 aromatic rings. The first-order chi connectivity index (χ1) is 16.9. The van der Waals surface area contributed by atoms with E-state index in [4.69, 9.17) is 9.15 Å². The number of amides is 2. The minimum atomic E-state index is -0.506. The normalized spacial score (nSPS) is 11.3. The van der Waals surface area contributed by atoms with Crippen LogP contribution in [0.5, 0.6) is 0 Å². The van der Waals surface area contributed by atoms with Gasteiger partial charge in [0.2, 0.25) is 0 Å². The van der Waals surface area contributed by atoms with Gasteiger partial charge in [0.1, 0.15) is 18.0 Å². The number of hydrogen-bond donors (Lipinski definition) is 2. The molecule has 0 radical (unpaired) electrons. The molecule has 2 amide bonds. The zero-order chi connectivity index (χ0) is 24.8. The van der Waals surface area contributed by atoms with Crippen LogP contribution in [0.4, 0.5) is 10.5 Å². The van der Waals surface area contributed by atoms with E-state index in [-0.39, 0.29) is 24.1 Å². The van der Waals surface area contributed by atoms with E-state index in [1.165, 1.54) is 0 Å². The van der Waals surface area contributed by atoms with E-state index in [0.29, 0.717) is 11.4 Å². The van der Waals surface area contributed by atoms with Crippen molar-refractivity contribution in [3.8, 4) is 0 Å². The maximum atomic E-state index is 12.6. The molecule has 0 spiro atoms. The number of fused-ring (bicyclic) bond motifs is 1. The average Bonchev–Trinajstić information content (AvgIpc) is 3.30. The maximum absolute atomic E-state index is 12.6. The van der Waals surface area contributed by atoms with Crippen molar-refractivity contribution >= 4 is 28.7 Å². The summed E-state index contributed by atoms with van der Waals surface area (Å²) in [6.45, 7) is 6.91. The number of urea groups is 1. The van der Waals surface area contributed by atoms with Crippen LogP contribution in [0.1, 0.15) is 54.4 Å². The van der Waals surface area contributed by atoms with Crippen LogP contribution in [0.2, 0.25) is 0 Å². The summed E-state index contributed by atoms with van der Waals surface area (Å²) in [5, 5.41) is 6.56. The molecule has 180 valence electrons. The molecule has 0 fully saturated rings. The smallest absolute Gasteiger partial charge is 0.340 e. The van der Waals surface area contributed by atoms with Crippen LogP contribution in [0, 0.1) is 0 Å². The molecule has 3 aromatic carbocycles. The van der Waals surface area contributed by atoms with Crippen LogP contribution in [-0.4, -0.2) is 12.0 Å². The second-order valence-corrected chi connectivity index (χ2v) is 9.09. The van der Waals surface area contributed by atoms with E-state index >= 15 is 0 Å². The summed E-state index contributed by atoms with van der Waals surface area (Å²) >= 11 is 0. The van der Waals surface area contributed by atoms with Gasteiger partial charge in [0.05, 0.1) is 17.8 Å². The lowest BCUT2D eigenvalue weighted by Crippen LogP contribution is -2.28. The second kappa shape index (κ2) is 10.5. The number of para-hydroxylation sites is 2. The fraction of sp³-hybridized carbons (Fsp3) is 0.241. The van der Waals surface area contributed by atoms with Crippen molar-refractivity contribution in [2.45, 2.75) is 45.8 Å². The average molecular weight is 471 g/mol. The first-order valence-corrected chi connectivity index (χ1v) is 11.7. The van der Waals surface area contributed by atoms with Gasteiger partial charge < -0.3 is 19.8 Å². The summed E-state index contributed by atoms with van der Waals surface area (Å²) in [5.74, 6) is 0.151. The predicted molar refractivity (Wildman–Crippen MR) is 137 cm³/mol. The number of furan rings is 1. The molecule has 6 nitrogen and oxygen atoms in total. The summed E-state index contributed by atoms with van der Waals surface area (Å²) < 4.78 is 11.5. The molecule has 0 saturated carbocycles. The van der Waals surface area contributed by atoms with E-state index < -0.39 is 12.0 Å². The fourth-order valence-corrected chi connectivity index (χ4v) is 3.83. The number of benzene rings is 3. The van der Waals surface area contributed by atoms with Crippen molar-refractivity contribution in [3.63, 3.8) is 0 Å². The summed E-state index contributed by atoms with van der Waals surface area (Å²) in [6.07, 6.45) is 0.982. The molecule has 0 aliphatic rings. The zero-order valence-electron chi connectivity index (χ0n) is 20.3. The third kappa shape index (κ3) is 5.72. The summed E-state index contributed by atoms with van der Waals surface area (Å²) in [4.78, 5) is 25.2. The van der Waals surface area contributed by atoms with Crippen molar-refractivity contribution in [2.24, 2.45) is 0 Å². The Labute approximate surface area is 205 Å². The lowest BCUT2D eigenvalue weighted by molar-refractivity contribution is 0.0474. The molecule has 0 saturated heterocycles. The van der Waals surface area contributed by atoms with Gasteiger partial charge in [-0.1, -0.05) is 81.4 Å². The Morgan fingerprint density at radius 2 is 1.69 bits per heavy atom. The number of rotatable bonds is 8. The first kappa shape index (κ1) is 24.1. The van der Waals surface area contributed by atoms with Gasteiger partial charge in [0.25, 0.3) is 0 Å². The summed E-state index contributed by atoms with van der Waals surface area (Å²) in [5.41, 5.74) is 3.53. The highest BCUT2D eigenvalue weighted by Gasteiger charge is 2.23. The fourth-order valence-electron chi connectivity index (χ4n) is 3.83. The van der Waals surface area contributed by atoms with Gasteiger partial charge in [-0.25, -0.2) is 9.59 Å². The molecule has 0 bridgehead atoms. The van der Waals surface area contributed by atoms with Crippen LogP contribution in [0.3, 0.4) is 0 Å². The highest BCUT2D eigenvalue weighted by atomic mass is 16.5. The third-order valence-corrected chi connectivity index (χ3v) is 6.24. The molecular weight excluding hydrogens is 440 g/mol. The lowest BCUT2D eigenvalue weighted by Gasteiger charge is -2.23. The van der Waals surface area contributed by atoms with Crippen molar-refractivity contribution in [1.82, 2.24) is 5.32 Å². The largest absolute Gasteiger partial charge is 0.459 e. The lowest BCUT2D eigenvalue weighted by atomic mass is 9.81. The molecule has 0 aliphatic heterocycles. The Morgan fingerprint density at radius 1 is 0.943 bits per heavy atom. The number of anilines is 1. The number of carbonyl (C=O) groups excluding carboxylic acids is 2. The number of carbonyl (C=O) groups is 2. The van der Waals surface area contributed by atoms with Gasteiger partial charge in [0.15, 0.2) is 0 Å². The van der Waals surface area contributed by atoms with Gasteiger partial charge >= 0.3 is 12.0 Å². The Kier molecular flexibility index (Phi) is 7.20. The van der Waals surface area contributed by atoms with E-state index in [1.807, 2.05) is 48.5 Å². The Balaban J connectivity index is 1.40. The minimum Gasteiger partial charge on any atom is -0.459 e. The van der Waals surface area contributed by atoms with Crippen LogP contribution >= 0.6 is 0 Å². The Hall–Kier alpha value is -4.06. The van der Waals surface area contributed by atoms with Crippen LogP contribution in [0.25, 0.3) is 11.0 Å². The standard InChI is InChI=1S/C29H30N2O4/c1-4-29(2,3)24-15-10-13-21-17-22(35-26(21)24)18-30-28(33)31-25-16-9-8-14-23(25)27(32)34-19-20-11-6-5-7-12-20/h5-17H,4,18-19H2,1-3H3,(H2,30,31,33). The molecule has 35 heavy (non-hydrogen) atoms. The van der Waals surface area contributed by atoms with Gasteiger partial charge in [0, 0.05) is 10.9 Å². The number of nitrogens with one attached hydrogen (secondary N) is 2. The maximum Gasteiger partial charge on any atom is 0.340 e. The van der Waals surface area contributed by atoms with Crippen LogP contribution in [-0.2, 0) is 23.3 Å². The molecule has 6 heteroatoms. The van der Waals surface area contributed by atoms with Gasteiger partial charge in [-0.3, -0.25) is 0 Å². The predicted octanol–water partition coefficient (Wildman–Crippen LogP) is 6.80. The highest BCUT2D eigenvalue weighted by molar-refractivity contribution is 6.00. The van der Waals surface area contributed by atoms with Crippen molar-refractivity contribution < 1.29 is 18.7 Å². The molecule has 2 N–H and O–H groups in total. The quantitative estimate of drug-likeness (QED) is 0.278. The SMILES string of the molecule is CCC(C)(C)c1cccc2cc(CNC(=O)Nc3ccccc3C(=O)OCc3ccccc3)oc12. The Morgan fingerprint density at radius 3 is 2.46 bits per heavy atom. The summed E-state index contributed by atoms with van der Waals surface area (Å²) in [7, 11) is 0. The van der Waals surface area contributed by atoms with Crippen LogP contribution < -0.4 is 10.6 Å².